The van der Waals surface area contributed by atoms with E-state index in [1.807, 2.05) is 48.5 Å². The van der Waals surface area contributed by atoms with Crippen LogP contribution in [0.5, 0.6) is 0 Å². The summed E-state index contributed by atoms with van der Waals surface area (Å²) in [4.78, 5) is 19.2. The molecule has 1 aliphatic heterocycles. The monoisotopic (exact) mass is 329 g/mol. The average Bonchev–Trinajstić information content (AvgIpc) is 3.11. The molecule has 4 heteroatoms. The summed E-state index contributed by atoms with van der Waals surface area (Å²) in [5.74, 6) is 0.662. The van der Waals surface area contributed by atoms with Gasteiger partial charge in [0.05, 0.1) is 0 Å². The molecule has 0 aliphatic carbocycles. The van der Waals surface area contributed by atoms with Crippen molar-refractivity contribution in [3.05, 3.63) is 89.6 Å². The number of nitrogens with zero attached hydrogens (tertiary/aromatic N) is 2. The zero-order valence-electron chi connectivity index (χ0n) is 13.9. The number of rotatable bonds is 4. The molecule has 0 atom stereocenters. The number of nitrogens with one attached hydrogen (secondary N) is 1. The fourth-order valence-corrected chi connectivity index (χ4v) is 3.15. The summed E-state index contributed by atoms with van der Waals surface area (Å²) in [6, 6.07) is 23.8. The minimum Gasteiger partial charge on any atom is -0.347 e. The van der Waals surface area contributed by atoms with E-state index >= 15 is 0 Å². The van der Waals surface area contributed by atoms with Gasteiger partial charge in [-0.3, -0.25) is 4.79 Å². The van der Waals surface area contributed by atoms with E-state index in [4.69, 9.17) is 0 Å². The van der Waals surface area contributed by atoms with E-state index in [2.05, 4.69) is 33.4 Å². The predicted molar refractivity (Wildman–Crippen MR) is 99.0 cm³/mol. The Hall–Kier alpha value is -3.14. The van der Waals surface area contributed by atoms with Crippen molar-refractivity contribution >= 4 is 17.4 Å². The molecule has 1 N–H and O–H groups in total. The van der Waals surface area contributed by atoms with Crippen LogP contribution in [0, 0.1) is 0 Å². The Morgan fingerprint density at radius 3 is 2.64 bits per heavy atom. The summed E-state index contributed by atoms with van der Waals surface area (Å²) < 4.78 is 0. The maximum atomic E-state index is 12.4. The van der Waals surface area contributed by atoms with Gasteiger partial charge in [-0.1, -0.05) is 54.6 Å². The third kappa shape index (κ3) is 3.24. The second-order valence-corrected chi connectivity index (χ2v) is 6.08. The summed E-state index contributed by atoms with van der Waals surface area (Å²) in [6.07, 6.45) is 1.00. The Kier molecular flexibility index (Phi) is 4.17. The maximum absolute atomic E-state index is 12.4. The zero-order valence-corrected chi connectivity index (χ0v) is 13.9. The lowest BCUT2D eigenvalue weighted by atomic mass is 10.2. The van der Waals surface area contributed by atoms with Gasteiger partial charge in [0.1, 0.15) is 11.5 Å². The first-order chi connectivity index (χ1) is 12.3. The number of fused-ring (bicyclic) bond motifs is 1. The number of benzene rings is 2. The number of anilines is 2. The molecule has 25 heavy (non-hydrogen) atoms. The topological polar surface area (TPSA) is 45.2 Å². The Morgan fingerprint density at radius 1 is 0.960 bits per heavy atom. The van der Waals surface area contributed by atoms with Crippen LogP contribution in [0.4, 0.5) is 11.5 Å². The highest BCUT2D eigenvalue weighted by atomic mass is 16.1. The van der Waals surface area contributed by atoms with E-state index < -0.39 is 0 Å². The van der Waals surface area contributed by atoms with Crippen LogP contribution in [0.2, 0.25) is 0 Å². The van der Waals surface area contributed by atoms with Gasteiger partial charge >= 0.3 is 0 Å². The van der Waals surface area contributed by atoms with Crippen LogP contribution in [0.3, 0.4) is 0 Å². The fraction of sp³-hybridized carbons (Fsp3) is 0.143. The second kappa shape index (κ2) is 6.77. The highest BCUT2D eigenvalue weighted by Gasteiger charge is 2.21. The van der Waals surface area contributed by atoms with Gasteiger partial charge in [0.25, 0.3) is 5.91 Å². The SMILES string of the molecule is O=C(NCc1ccccc1)c1cccc(N2CCc3ccccc32)n1. The van der Waals surface area contributed by atoms with Crippen LogP contribution in [-0.2, 0) is 13.0 Å². The van der Waals surface area contributed by atoms with Gasteiger partial charge in [0.15, 0.2) is 0 Å². The molecule has 0 bridgehead atoms. The molecule has 124 valence electrons. The average molecular weight is 329 g/mol. The number of para-hydroxylation sites is 1. The van der Waals surface area contributed by atoms with Crippen LogP contribution in [0.25, 0.3) is 0 Å². The molecule has 2 aromatic carbocycles. The van der Waals surface area contributed by atoms with Crippen molar-refractivity contribution < 1.29 is 4.79 Å². The predicted octanol–water partition coefficient (Wildman–Crippen LogP) is 3.71. The summed E-state index contributed by atoms with van der Waals surface area (Å²) in [6.45, 7) is 1.39. The molecule has 0 radical (unpaired) electrons. The van der Waals surface area contributed by atoms with Gasteiger partial charge < -0.3 is 10.2 Å². The summed E-state index contributed by atoms with van der Waals surface area (Å²) >= 11 is 0. The van der Waals surface area contributed by atoms with Crippen LogP contribution in [0.1, 0.15) is 21.6 Å². The van der Waals surface area contributed by atoms with Gasteiger partial charge in [-0.2, -0.15) is 0 Å². The normalized spacial score (nSPS) is 12.7. The van der Waals surface area contributed by atoms with Crippen molar-refractivity contribution in [2.75, 3.05) is 11.4 Å². The highest BCUT2D eigenvalue weighted by Crippen LogP contribution is 2.33. The van der Waals surface area contributed by atoms with E-state index in [-0.39, 0.29) is 5.91 Å². The van der Waals surface area contributed by atoms with Crippen LogP contribution >= 0.6 is 0 Å². The van der Waals surface area contributed by atoms with Gasteiger partial charge in [-0.25, -0.2) is 4.98 Å². The molecular weight excluding hydrogens is 310 g/mol. The second-order valence-electron chi connectivity index (χ2n) is 6.08. The molecule has 1 aromatic heterocycles. The Bertz CT molecular complexity index is 892. The van der Waals surface area contributed by atoms with Crippen molar-refractivity contribution in [2.45, 2.75) is 13.0 Å². The first-order valence-corrected chi connectivity index (χ1v) is 8.46. The Balaban J connectivity index is 1.51. The van der Waals surface area contributed by atoms with Crippen LogP contribution in [-0.4, -0.2) is 17.4 Å². The van der Waals surface area contributed by atoms with E-state index in [0.29, 0.717) is 12.2 Å². The number of pyridine rings is 1. The van der Waals surface area contributed by atoms with Crippen molar-refractivity contribution in [2.24, 2.45) is 0 Å². The number of carbonyl (C=O) groups excluding carboxylic acids is 1. The minimum absolute atomic E-state index is 0.154. The molecule has 4 rings (SSSR count). The third-order valence-corrected chi connectivity index (χ3v) is 4.43. The molecule has 2 heterocycles. The maximum Gasteiger partial charge on any atom is 0.270 e. The molecule has 3 aromatic rings. The Morgan fingerprint density at radius 2 is 1.76 bits per heavy atom. The summed E-state index contributed by atoms with van der Waals surface area (Å²) in [5.41, 5.74) is 4.01. The Labute approximate surface area is 147 Å². The summed E-state index contributed by atoms with van der Waals surface area (Å²) in [5, 5.41) is 2.93. The quantitative estimate of drug-likeness (QED) is 0.794. The van der Waals surface area contributed by atoms with Gasteiger partial charge in [0.2, 0.25) is 0 Å². The number of hydrogen-bond donors (Lipinski definition) is 1. The number of amides is 1. The standard InChI is InChI=1S/C21H19N3O/c25-21(22-15-16-7-2-1-3-8-16)18-10-6-12-20(23-18)24-14-13-17-9-4-5-11-19(17)24/h1-12H,13-15H2,(H,22,25). The minimum atomic E-state index is -0.154. The van der Waals surface area contributed by atoms with E-state index in [9.17, 15) is 4.79 Å². The molecule has 0 saturated carbocycles. The molecular formula is C21H19N3O. The summed E-state index contributed by atoms with van der Waals surface area (Å²) in [7, 11) is 0. The van der Waals surface area contributed by atoms with E-state index in [1.165, 1.54) is 11.3 Å². The van der Waals surface area contributed by atoms with Crippen LogP contribution < -0.4 is 10.2 Å². The van der Waals surface area contributed by atoms with Crippen molar-refractivity contribution in [1.82, 2.24) is 10.3 Å². The van der Waals surface area contributed by atoms with Gasteiger partial charge in [-0.15, -0.1) is 0 Å². The molecule has 1 aliphatic rings. The van der Waals surface area contributed by atoms with Gasteiger partial charge in [0, 0.05) is 18.8 Å². The van der Waals surface area contributed by atoms with Crippen molar-refractivity contribution in [1.29, 1.82) is 0 Å². The fourth-order valence-electron chi connectivity index (χ4n) is 3.15. The number of carbonyl (C=O) groups is 1. The number of hydrogen-bond acceptors (Lipinski definition) is 3. The molecule has 0 spiro atoms. The lowest BCUT2D eigenvalue weighted by molar-refractivity contribution is 0.0946. The largest absolute Gasteiger partial charge is 0.347 e. The third-order valence-electron chi connectivity index (χ3n) is 4.43. The van der Waals surface area contributed by atoms with E-state index in [1.54, 1.807) is 6.07 Å². The molecule has 1 amide bonds. The van der Waals surface area contributed by atoms with Crippen molar-refractivity contribution in [3.63, 3.8) is 0 Å². The number of aromatic nitrogens is 1. The molecule has 0 fully saturated rings. The van der Waals surface area contributed by atoms with Gasteiger partial charge in [-0.05, 0) is 35.7 Å². The van der Waals surface area contributed by atoms with Crippen LogP contribution in [0.15, 0.2) is 72.8 Å². The lowest BCUT2D eigenvalue weighted by Crippen LogP contribution is -2.24. The molecule has 4 nitrogen and oxygen atoms in total. The highest BCUT2D eigenvalue weighted by molar-refractivity contribution is 5.92. The molecule has 0 unspecified atom stereocenters. The molecule has 0 saturated heterocycles. The van der Waals surface area contributed by atoms with E-state index in [0.717, 1.165) is 24.3 Å². The van der Waals surface area contributed by atoms with Crippen molar-refractivity contribution in [3.8, 4) is 0 Å². The smallest absolute Gasteiger partial charge is 0.270 e. The zero-order chi connectivity index (χ0) is 17.1. The lowest BCUT2D eigenvalue weighted by Gasteiger charge is -2.18. The first-order valence-electron chi connectivity index (χ1n) is 8.46. The first kappa shape index (κ1) is 15.4.